The number of carbonyl (C=O) groups is 1. The molecule has 1 aromatic rings. The number of terminal acetylenes is 1. The van der Waals surface area contributed by atoms with E-state index in [9.17, 15) is 4.79 Å². The minimum absolute atomic E-state index is 0.0601. The summed E-state index contributed by atoms with van der Waals surface area (Å²) < 4.78 is 0. The highest BCUT2D eigenvalue weighted by Gasteiger charge is 2.40. The zero-order chi connectivity index (χ0) is 21.6. The van der Waals surface area contributed by atoms with Crippen LogP contribution in [0.2, 0.25) is 0 Å². The van der Waals surface area contributed by atoms with Crippen LogP contribution in [0.1, 0.15) is 32.6 Å². The maximum atomic E-state index is 12.6. The van der Waals surface area contributed by atoms with Crippen LogP contribution >= 0.6 is 0 Å². The lowest BCUT2D eigenvalue weighted by atomic mass is 9.93. The van der Waals surface area contributed by atoms with Gasteiger partial charge in [-0.3, -0.25) is 14.8 Å². The fourth-order valence-corrected chi connectivity index (χ4v) is 4.02. The number of para-hydroxylation sites is 1. The van der Waals surface area contributed by atoms with Crippen LogP contribution in [0, 0.1) is 12.3 Å². The third kappa shape index (κ3) is 4.98. The number of rotatable bonds is 7. The van der Waals surface area contributed by atoms with Gasteiger partial charge in [0.2, 0.25) is 5.91 Å². The highest BCUT2D eigenvalue weighted by Crippen LogP contribution is 2.42. The van der Waals surface area contributed by atoms with E-state index in [0.29, 0.717) is 6.42 Å². The SMILES string of the molecule is C#C/C=C\C(CC1=NC2(C)CCCC2=C(N(C)CC(=O)Nc2ccccc2)N1)=NC. The van der Waals surface area contributed by atoms with Crippen LogP contribution in [0.15, 0.2) is 63.9 Å². The number of likely N-dealkylation sites (N-methyl/N-ethyl adjacent to an activating group) is 1. The van der Waals surface area contributed by atoms with Crippen LogP contribution in [0.5, 0.6) is 0 Å². The molecule has 2 aliphatic rings. The van der Waals surface area contributed by atoms with Crippen LogP contribution in [0.4, 0.5) is 5.69 Å². The van der Waals surface area contributed by atoms with Gasteiger partial charge in [0, 0.05) is 31.9 Å². The topological polar surface area (TPSA) is 69.1 Å². The molecule has 0 bridgehead atoms. The number of amidine groups is 1. The first-order valence-corrected chi connectivity index (χ1v) is 10.2. The quantitative estimate of drug-likeness (QED) is 0.542. The van der Waals surface area contributed by atoms with Gasteiger partial charge in [0.25, 0.3) is 0 Å². The van der Waals surface area contributed by atoms with Crippen molar-refractivity contribution in [2.24, 2.45) is 9.98 Å². The molecule has 2 N–H and O–H groups in total. The van der Waals surface area contributed by atoms with Gasteiger partial charge in [-0.05, 0) is 56.0 Å². The minimum atomic E-state index is -0.241. The van der Waals surface area contributed by atoms with Crippen molar-refractivity contribution in [2.75, 3.05) is 26.0 Å². The molecule has 1 aliphatic carbocycles. The van der Waals surface area contributed by atoms with E-state index in [1.165, 1.54) is 5.57 Å². The predicted molar refractivity (Wildman–Crippen MR) is 124 cm³/mol. The highest BCUT2D eigenvalue weighted by molar-refractivity contribution is 6.09. The molecule has 6 heteroatoms. The Labute approximate surface area is 178 Å². The van der Waals surface area contributed by atoms with E-state index in [1.807, 2.05) is 48.4 Å². The Balaban J connectivity index is 1.76. The molecule has 1 atom stereocenters. The summed E-state index contributed by atoms with van der Waals surface area (Å²) in [6, 6.07) is 9.50. The maximum absolute atomic E-state index is 12.6. The van der Waals surface area contributed by atoms with Crippen LogP contribution < -0.4 is 10.6 Å². The summed E-state index contributed by atoms with van der Waals surface area (Å²) in [5.41, 5.74) is 2.67. The number of hydrogen-bond donors (Lipinski definition) is 2. The Morgan fingerprint density at radius 1 is 1.43 bits per heavy atom. The Morgan fingerprint density at radius 2 is 2.20 bits per heavy atom. The van der Waals surface area contributed by atoms with E-state index in [0.717, 1.165) is 42.3 Å². The highest BCUT2D eigenvalue weighted by atomic mass is 16.2. The summed E-state index contributed by atoms with van der Waals surface area (Å²) in [4.78, 5) is 23.9. The van der Waals surface area contributed by atoms with Gasteiger partial charge in [0.1, 0.15) is 11.7 Å². The average molecular weight is 404 g/mol. The van der Waals surface area contributed by atoms with Crippen molar-refractivity contribution >= 4 is 23.1 Å². The lowest BCUT2D eigenvalue weighted by Gasteiger charge is -2.35. The summed E-state index contributed by atoms with van der Waals surface area (Å²) in [6.45, 7) is 2.42. The van der Waals surface area contributed by atoms with E-state index >= 15 is 0 Å². The summed E-state index contributed by atoms with van der Waals surface area (Å²) in [7, 11) is 3.69. The first-order valence-electron chi connectivity index (χ1n) is 10.2. The molecule has 6 nitrogen and oxygen atoms in total. The number of benzene rings is 1. The zero-order valence-electron chi connectivity index (χ0n) is 17.9. The number of fused-ring (bicyclic) bond motifs is 1. The lowest BCUT2D eigenvalue weighted by molar-refractivity contribution is -0.116. The molecule has 1 aliphatic heterocycles. The molecule has 0 spiro atoms. The number of anilines is 1. The summed E-state index contributed by atoms with van der Waals surface area (Å²) in [5, 5.41) is 6.42. The maximum Gasteiger partial charge on any atom is 0.243 e. The fraction of sp³-hybridized carbons (Fsp3) is 0.375. The normalized spacial score (nSPS) is 21.0. The Kier molecular flexibility index (Phi) is 6.73. The van der Waals surface area contributed by atoms with Gasteiger partial charge in [-0.15, -0.1) is 6.42 Å². The predicted octanol–water partition coefficient (Wildman–Crippen LogP) is 3.36. The van der Waals surface area contributed by atoms with E-state index < -0.39 is 0 Å². The Hall–Kier alpha value is -3.33. The summed E-state index contributed by atoms with van der Waals surface area (Å²) in [5.74, 6) is 4.25. The van der Waals surface area contributed by atoms with Crippen molar-refractivity contribution in [2.45, 2.75) is 38.1 Å². The molecule has 1 aromatic carbocycles. The van der Waals surface area contributed by atoms with E-state index in [4.69, 9.17) is 11.4 Å². The standard InChI is InChI=1S/C24H29N5O/c1-5-6-11-19(25-3)16-21-27-23(20-14-10-15-24(20,2)28-21)29(4)17-22(30)26-18-12-8-7-9-13-18/h1,6-9,11-13H,10,14-17H2,2-4H3,(H,26,30)(H,27,28)/b11-6-,25-19?. The molecule has 156 valence electrons. The number of aliphatic imine (C=N–C) groups is 2. The summed E-state index contributed by atoms with van der Waals surface area (Å²) in [6.07, 6.45) is 12.4. The minimum Gasteiger partial charge on any atom is -0.352 e. The Morgan fingerprint density at radius 3 is 2.90 bits per heavy atom. The fourth-order valence-electron chi connectivity index (χ4n) is 4.02. The molecule has 1 saturated carbocycles. The summed E-state index contributed by atoms with van der Waals surface area (Å²) >= 11 is 0. The number of allylic oxidation sites excluding steroid dienone is 2. The van der Waals surface area contributed by atoms with Gasteiger partial charge in [0.15, 0.2) is 0 Å². The largest absolute Gasteiger partial charge is 0.352 e. The molecule has 3 rings (SSSR count). The molecule has 1 heterocycles. The van der Waals surface area contributed by atoms with Crippen LogP contribution in [0.3, 0.4) is 0 Å². The van der Waals surface area contributed by atoms with Gasteiger partial charge in [-0.2, -0.15) is 0 Å². The average Bonchev–Trinajstić information content (AvgIpc) is 3.12. The molecule has 1 fully saturated rings. The second kappa shape index (κ2) is 9.45. The van der Waals surface area contributed by atoms with Gasteiger partial charge in [0.05, 0.1) is 12.1 Å². The molecule has 0 radical (unpaired) electrons. The second-order valence-electron chi connectivity index (χ2n) is 7.80. The molecular formula is C24H29N5O. The lowest BCUT2D eigenvalue weighted by Crippen LogP contribution is -2.45. The van der Waals surface area contributed by atoms with Crippen LogP contribution in [0.25, 0.3) is 0 Å². The molecule has 1 amide bonds. The monoisotopic (exact) mass is 403 g/mol. The number of hydrogen-bond acceptors (Lipinski definition) is 5. The number of carbonyl (C=O) groups excluding carboxylic acids is 1. The third-order valence-electron chi connectivity index (χ3n) is 5.50. The molecule has 0 saturated heterocycles. The zero-order valence-corrected chi connectivity index (χ0v) is 17.9. The van der Waals surface area contributed by atoms with E-state index in [1.54, 1.807) is 13.1 Å². The van der Waals surface area contributed by atoms with E-state index in [-0.39, 0.29) is 18.0 Å². The van der Waals surface area contributed by atoms with Crippen molar-refractivity contribution in [3.05, 3.63) is 53.9 Å². The van der Waals surface area contributed by atoms with Crippen LogP contribution in [-0.2, 0) is 4.79 Å². The van der Waals surface area contributed by atoms with Crippen molar-refractivity contribution in [1.29, 1.82) is 0 Å². The molecule has 30 heavy (non-hydrogen) atoms. The van der Waals surface area contributed by atoms with Crippen molar-refractivity contribution in [1.82, 2.24) is 10.2 Å². The smallest absolute Gasteiger partial charge is 0.243 e. The number of amides is 1. The second-order valence-corrected chi connectivity index (χ2v) is 7.80. The first kappa shape index (κ1) is 21.4. The Bertz CT molecular complexity index is 952. The first-order chi connectivity index (χ1) is 14.4. The molecular weight excluding hydrogens is 374 g/mol. The van der Waals surface area contributed by atoms with Gasteiger partial charge in [-0.1, -0.05) is 24.1 Å². The van der Waals surface area contributed by atoms with E-state index in [2.05, 4.69) is 28.5 Å². The van der Waals surface area contributed by atoms with Crippen LogP contribution in [-0.4, -0.2) is 48.5 Å². The van der Waals surface area contributed by atoms with Gasteiger partial charge in [-0.25, -0.2) is 0 Å². The number of nitrogens with zero attached hydrogens (tertiary/aromatic N) is 3. The molecule has 1 unspecified atom stereocenters. The van der Waals surface area contributed by atoms with Crippen molar-refractivity contribution in [3.8, 4) is 12.3 Å². The number of nitrogens with one attached hydrogen (secondary N) is 2. The molecule has 0 aromatic heterocycles. The van der Waals surface area contributed by atoms with Gasteiger partial charge < -0.3 is 15.5 Å². The van der Waals surface area contributed by atoms with Gasteiger partial charge >= 0.3 is 0 Å². The third-order valence-corrected chi connectivity index (χ3v) is 5.50. The van der Waals surface area contributed by atoms with Crippen molar-refractivity contribution < 1.29 is 4.79 Å². The van der Waals surface area contributed by atoms with Crippen molar-refractivity contribution in [3.63, 3.8) is 0 Å².